The van der Waals surface area contributed by atoms with E-state index in [1.165, 1.54) is 10.7 Å². The molecule has 6 nitrogen and oxygen atoms in total. The Morgan fingerprint density at radius 3 is 2.50 bits per heavy atom. The van der Waals surface area contributed by atoms with Gasteiger partial charge < -0.3 is 4.74 Å². The van der Waals surface area contributed by atoms with Crippen molar-refractivity contribution in [2.75, 3.05) is 0 Å². The number of benzene rings is 1. The number of ether oxygens (including phenoxy) is 1. The highest BCUT2D eigenvalue weighted by molar-refractivity contribution is 5.96. The molecule has 0 amide bonds. The minimum Gasteiger partial charge on any atom is -0.459 e. The van der Waals surface area contributed by atoms with Gasteiger partial charge in [-0.1, -0.05) is 12.1 Å². The maximum Gasteiger partial charge on any atom is 0.433 e. The van der Waals surface area contributed by atoms with Gasteiger partial charge in [-0.05, 0) is 50.6 Å². The number of fused-ring (bicyclic) bond motifs is 1. The monoisotopic (exact) mass is 419 g/mol. The van der Waals surface area contributed by atoms with Crippen molar-refractivity contribution in [3.05, 3.63) is 59.5 Å². The number of esters is 1. The fraction of sp³-hybridized carbons (Fsp3) is 0.333. The molecule has 9 heteroatoms. The first-order valence-corrected chi connectivity index (χ1v) is 9.16. The number of pyridine rings is 1. The molecule has 0 radical (unpaired) electrons. The van der Waals surface area contributed by atoms with Gasteiger partial charge in [0, 0.05) is 18.0 Å². The van der Waals surface area contributed by atoms with Crippen LogP contribution >= 0.6 is 0 Å². The summed E-state index contributed by atoms with van der Waals surface area (Å²) >= 11 is 0. The largest absolute Gasteiger partial charge is 0.459 e. The van der Waals surface area contributed by atoms with Gasteiger partial charge in [0.2, 0.25) is 0 Å². The van der Waals surface area contributed by atoms with Gasteiger partial charge in [-0.25, -0.2) is 4.98 Å². The third kappa shape index (κ3) is 5.43. The van der Waals surface area contributed by atoms with Crippen molar-refractivity contribution in [2.24, 2.45) is 0 Å². The van der Waals surface area contributed by atoms with Gasteiger partial charge in [0.05, 0.1) is 5.52 Å². The van der Waals surface area contributed by atoms with Crippen LogP contribution in [0.15, 0.2) is 42.6 Å². The average molecular weight is 419 g/mol. The van der Waals surface area contributed by atoms with Gasteiger partial charge in [-0.3, -0.25) is 14.3 Å². The van der Waals surface area contributed by atoms with E-state index in [2.05, 4.69) is 10.1 Å². The van der Waals surface area contributed by atoms with Crippen LogP contribution in [0.5, 0.6) is 0 Å². The molecule has 0 aliphatic rings. The summed E-state index contributed by atoms with van der Waals surface area (Å²) in [5.74, 6) is -0.956. The van der Waals surface area contributed by atoms with Gasteiger partial charge in [-0.2, -0.15) is 18.3 Å². The number of rotatable bonds is 5. The highest BCUT2D eigenvalue weighted by Gasteiger charge is 2.32. The lowest BCUT2D eigenvalue weighted by molar-refractivity contribution is -0.155. The minimum atomic E-state index is -4.61. The van der Waals surface area contributed by atoms with Crippen LogP contribution in [-0.2, 0) is 28.7 Å². The second-order valence-corrected chi connectivity index (χ2v) is 7.81. The lowest BCUT2D eigenvalue weighted by Crippen LogP contribution is -2.26. The maximum absolute atomic E-state index is 12.8. The number of nitrogens with zero attached hydrogens (tertiary/aromatic N) is 3. The zero-order chi connectivity index (χ0) is 22.1. The molecule has 0 spiro atoms. The predicted molar refractivity (Wildman–Crippen MR) is 103 cm³/mol. The molecular formula is C21H20F3N3O3. The lowest BCUT2D eigenvalue weighted by Gasteiger charge is -2.19. The first-order valence-electron chi connectivity index (χ1n) is 9.16. The van der Waals surface area contributed by atoms with Gasteiger partial charge in [0.15, 0.2) is 5.78 Å². The number of Topliss-reactive ketones (excluding diaryl/α,β-unsaturated/α-hetero) is 1. The lowest BCUT2D eigenvalue weighted by atomic mass is 10.0. The average Bonchev–Trinajstić information content (AvgIpc) is 3.00. The zero-order valence-electron chi connectivity index (χ0n) is 16.7. The summed E-state index contributed by atoms with van der Waals surface area (Å²) in [4.78, 5) is 27.8. The summed E-state index contributed by atoms with van der Waals surface area (Å²) in [5.41, 5.74) is -0.734. The third-order valence-electron chi connectivity index (χ3n) is 4.02. The molecule has 0 aliphatic carbocycles. The Hall–Kier alpha value is -3.23. The molecule has 0 saturated heterocycles. The highest BCUT2D eigenvalue weighted by atomic mass is 19.4. The highest BCUT2D eigenvalue weighted by Crippen LogP contribution is 2.27. The molecule has 1 aromatic carbocycles. The molecule has 3 aromatic rings. The van der Waals surface area contributed by atoms with Crippen LogP contribution in [0.2, 0.25) is 0 Å². The van der Waals surface area contributed by atoms with E-state index in [4.69, 9.17) is 4.74 Å². The summed E-state index contributed by atoms with van der Waals surface area (Å²) in [6.07, 6.45) is -3.07. The molecule has 2 aromatic heterocycles. The molecule has 0 bridgehead atoms. The fourth-order valence-electron chi connectivity index (χ4n) is 2.85. The van der Waals surface area contributed by atoms with E-state index < -0.39 is 29.2 Å². The van der Waals surface area contributed by atoms with Crippen LogP contribution in [0.4, 0.5) is 13.2 Å². The number of ketones is 1. The number of carbonyl (C=O) groups is 2. The molecule has 158 valence electrons. The standard InChI is InChI=1S/C21H20F3N3O3/c1-20(2,3)30-19(29)12-27-11-14-9-13(7-8-15(14)26-27)10-17(28)16-5-4-6-18(25-16)21(22,23)24/h4-9,11H,10,12H2,1-3H3. The Morgan fingerprint density at radius 2 is 1.83 bits per heavy atom. The molecule has 0 fully saturated rings. The Morgan fingerprint density at radius 1 is 1.10 bits per heavy atom. The van der Waals surface area contributed by atoms with Crippen molar-refractivity contribution in [2.45, 2.75) is 45.5 Å². The molecule has 2 heterocycles. The third-order valence-corrected chi connectivity index (χ3v) is 4.02. The van der Waals surface area contributed by atoms with Crippen LogP contribution in [0.3, 0.4) is 0 Å². The number of hydrogen-bond donors (Lipinski definition) is 0. The summed E-state index contributed by atoms with van der Waals surface area (Å²) in [7, 11) is 0. The Bertz CT molecular complexity index is 1100. The molecular weight excluding hydrogens is 399 g/mol. The Balaban J connectivity index is 1.75. The minimum absolute atomic E-state index is 0.0611. The topological polar surface area (TPSA) is 74.1 Å². The summed E-state index contributed by atoms with van der Waals surface area (Å²) in [6, 6.07) is 8.30. The van der Waals surface area contributed by atoms with Crippen LogP contribution in [0.1, 0.15) is 42.5 Å². The second-order valence-electron chi connectivity index (χ2n) is 7.81. The Labute approximate surface area is 170 Å². The number of alkyl halides is 3. The fourth-order valence-corrected chi connectivity index (χ4v) is 2.85. The van der Waals surface area contributed by atoms with Crippen LogP contribution < -0.4 is 0 Å². The molecule has 30 heavy (non-hydrogen) atoms. The van der Waals surface area contributed by atoms with Crippen molar-refractivity contribution >= 4 is 22.7 Å². The van der Waals surface area contributed by atoms with Crippen molar-refractivity contribution in [3.63, 3.8) is 0 Å². The van der Waals surface area contributed by atoms with E-state index in [1.54, 1.807) is 45.2 Å². The predicted octanol–water partition coefficient (Wildman–Crippen LogP) is 4.22. The van der Waals surface area contributed by atoms with Crippen LogP contribution in [-0.4, -0.2) is 32.1 Å². The first-order chi connectivity index (χ1) is 13.9. The van der Waals surface area contributed by atoms with Gasteiger partial charge in [-0.15, -0.1) is 0 Å². The van der Waals surface area contributed by atoms with E-state index in [1.807, 2.05) is 0 Å². The maximum atomic E-state index is 12.8. The second kappa shape index (κ2) is 7.89. The van der Waals surface area contributed by atoms with E-state index in [9.17, 15) is 22.8 Å². The van der Waals surface area contributed by atoms with Gasteiger partial charge >= 0.3 is 12.1 Å². The first kappa shape index (κ1) is 21.5. The zero-order valence-corrected chi connectivity index (χ0v) is 16.7. The molecule has 0 saturated carbocycles. The quantitative estimate of drug-likeness (QED) is 0.457. The summed E-state index contributed by atoms with van der Waals surface area (Å²) in [5, 5.41) is 4.99. The van der Waals surface area contributed by atoms with Crippen molar-refractivity contribution < 1.29 is 27.5 Å². The Kier molecular flexibility index (Phi) is 5.65. The van der Waals surface area contributed by atoms with Crippen LogP contribution in [0.25, 0.3) is 10.9 Å². The van der Waals surface area contributed by atoms with Crippen LogP contribution in [0, 0.1) is 0 Å². The van der Waals surface area contributed by atoms with Crippen molar-refractivity contribution in [1.82, 2.24) is 14.8 Å². The van der Waals surface area contributed by atoms with E-state index >= 15 is 0 Å². The molecule has 0 N–H and O–H groups in total. The normalized spacial score (nSPS) is 12.2. The number of carbonyl (C=O) groups excluding carboxylic acids is 2. The molecule has 0 atom stereocenters. The van der Waals surface area contributed by atoms with E-state index in [-0.39, 0.29) is 18.7 Å². The molecule has 3 rings (SSSR count). The number of halogens is 3. The molecule has 0 aliphatic heterocycles. The van der Waals surface area contributed by atoms with E-state index in [0.29, 0.717) is 16.5 Å². The molecule has 0 unspecified atom stereocenters. The van der Waals surface area contributed by atoms with Crippen molar-refractivity contribution in [1.29, 1.82) is 0 Å². The van der Waals surface area contributed by atoms with E-state index in [0.717, 1.165) is 12.1 Å². The van der Waals surface area contributed by atoms with Crippen molar-refractivity contribution in [3.8, 4) is 0 Å². The number of hydrogen-bond acceptors (Lipinski definition) is 5. The van der Waals surface area contributed by atoms with Gasteiger partial charge in [0.1, 0.15) is 23.5 Å². The SMILES string of the molecule is CC(C)(C)OC(=O)Cn1cc2cc(CC(=O)c3cccc(C(F)(F)F)n3)ccc2n1. The smallest absolute Gasteiger partial charge is 0.433 e. The summed E-state index contributed by atoms with van der Waals surface area (Å²) in [6.45, 7) is 5.25. The van der Waals surface area contributed by atoms with Gasteiger partial charge in [0.25, 0.3) is 0 Å². The number of aromatic nitrogens is 3. The summed E-state index contributed by atoms with van der Waals surface area (Å²) < 4.78 is 45.1.